The Morgan fingerprint density at radius 2 is 2.12 bits per heavy atom. The van der Waals surface area contributed by atoms with Gasteiger partial charge in [-0.05, 0) is 56.3 Å². The first kappa shape index (κ1) is 10.8. The predicted molar refractivity (Wildman–Crippen MR) is 62.2 cm³/mol. The first-order valence-electron chi connectivity index (χ1n) is 6.82. The van der Waals surface area contributed by atoms with Crippen molar-refractivity contribution in [3.8, 4) is 0 Å². The minimum Gasteiger partial charge on any atom is -0.370 e. The number of methoxy groups -OCH3 is 1. The minimum absolute atomic E-state index is 0.359. The SMILES string of the molecule is COC1(C(=O)CC2CC3CCC2C3)CCC1. The Bertz CT molecular complexity index is 288. The van der Waals surface area contributed by atoms with E-state index < -0.39 is 0 Å². The Morgan fingerprint density at radius 1 is 1.31 bits per heavy atom. The number of Topliss-reactive ketones (excluding diaryl/α,β-unsaturated/α-hetero) is 1. The van der Waals surface area contributed by atoms with Gasteiger partial charge < -0.3 is 4.74 Å². The first-order valence-corrected chi connectivity index (χ1v) is 6.82. The van der Waals surface area contributed by atoms with E-state index >= 15 is 0 Å². The number of hydrogen-bond acceptors (Lipinski definition) is 2. The highest BCUT2D eigenvalue weighted by molar-refractivity contribution is 5.88. The zero-order valence-electron chi connectivity index (χ0n) is 10.2. The normalized spacial score (nSPS) is 39.7. The molecule has 2 bridgehead atoms. The summed E-state index contributed by atoms with van der Waals surface area (Å²) in [6.07, 6.45) is 9.40. The minimum atomic E-state index is -0.359. The number of ketones is 1. The van der Waals surface area contributed by atoms with E-state index in [1.165, 1.54) is 25.7 Å². The van der Waals surface area contributed by atoms with Gasteiger partial charge in [0.2, 0.25) is 0 Å². The molecule has 3 atom stereocenters. The highest BCUT2D eigenvalue weighted by atomic mass is 16.5. The summed E-state index contributed by atoms with van der Waals surface area (Å²) in [5, 5.41) is 0. The summed E-state index contributed by atoms with van der Waals surface area (Å²) in [7, 11) is 1.71. The van der Waals surface area contributed by atoms with E-state index in [0.717, 1.165) is 37.5 Å². The van der Waals surface area contributed by atoms with Crippen LogP contribution in [0.2, 0.25) is 0 Å². The van der Waals surface area contributed by atoms with Gasteiger partial charge in [-0.2, -0.15) is 0 Å². The second-order valence-corrected chi connectivity index (χ2v) is 6.11. The molecule has 0 aliphatic heterocycles. The number of ether oxygens (including phenoxy) is 1. The maximum absolute atomic E-state index is 12.3. The average molecular weight is 222 g/mol. The van der Waals surface area contributed by atoms with Gasteiger partial charge in [0.05, 0.1) is 0 Å². The first-order chi connectivity index (χ1) is 7.73. The van der Waals surface area contributed by atoms with Gasteiger partial charge in [-0.3, -0.25) is 4.79 Å². The number of fused-ring (bicyclic) bond motifs is 2. The van der Waals surface area contributed by atoms with Crippen LogP contribution in [0, 0.1) is 17.8 Å². The summed E-state index contributed by atoms with van der Waals surface area (Å²) < 4.78 is 5.48. The molecular formula is C14H22O2. The van der Waals surface area contributed by atoms with Gasteiger partial charge in [-0.25, -0.2) is 0 Å². The Morgan fingerprint density at radius 3 is 2.56 bits per heavy atom. The van der Waals surface area contributed by atoms with E-state index in [4.69, 9.17) is 4.74 Å². The van der Waals surface area contributed by atoms with Crippen molar-refractivity contribution in [2.75, 3.05) is 7.11 Å². The maximum Gasteiger partial charge on any atom is 0.164 e. The second-order valence-electron chi connectivity index (χ2n) is 6.11. The second kappa shape index (κ2) is 3.83. The molecule has 0 saturated heterocycles. The van der Waals surface area contributed by atoms with E-state index in [-0.39, 0.29) is 5.60 Å². The van der Waals surface area contributed by atoms with Gasteiger partial charge in [0.25, 0.3) is 0 Å². The lowest BCUT2D eigenvalue weighted by Gasteiger charge is -2.40. The molecule has 0 heterocycles. The molecule has 90 valence electrons. The molecule has 0 spiro atoms. The third-order valence-electron chi connectivity index (χ3n) is 5.39. The monoisotopic (exact) mass is 222 g/mol. The van der Waals surface area contributed by atoms with Crippen molar-refractivity contribution in [1.29, 1.82) is 0 Å². The highest BCUT2D eigenvalue weighted by Gasteiger charge is 2.47. The van der Waals surface area contributed by atoms with Crippen LogP contribution >= 0.6 is 0 Å². The molecule has 0 N–H and O–H groups in total. The van der Waals surface area contributed by atoms with Gasteiger partial charge in [0.1, 0.15) is 5.60 Å². The lowest BCUT2D eigenvalue weighted by atomic mass is 9.72. The van der Waals surface area contributed by atoms with Crippen LogP contribution in [0.15, 0.2) is 0 Å². The quantitative estimate of drug-likeness (QED) is 0.731. The van der Waals surface area contributed by atoms with Gasteiger partial charge >= 0.3 is 0 Å². The van der Waals surface area contributed by atoms with Crippen LogP contribution in [0.4, 0.5) is 0 Å². The van der Waals surface area contributed by atoms with E-state index in [0.29, 0.717) is 11.7 Å². The van der Waals surface area contributed by atoms with Crippen LogP contribution in [-0.2, 0) is 9.53 Å². The molecule has 3 aliphatic rings. The largest absolute Gasteiger partial charge is 0.370 e. The summed E-state index contributed by atoms with van der Waals surface area (Å²) in [5.74, 6) is 2.91. The van der Waals surface area contributed by atoms with E-state index in [2.05, 4.69) is 0 Å². The Kier molecular flexibility index (Phi) is 2.58. The molecule has 3 rings (SSSR count). The molecule has 3 unspecified atom stereocenters. The Hall–Kier alpha value is -0.370. The number of carbonyl (C=O) groups is 1. The average Bonchev–Trinajstić information content (AvgIpc) is 2.78. The third-order valence-corrected chi connectivity index (χ3v) is 5.39. The van der Waals surface area contributed by atoms with Crippen LogP contribution in [-0.4, -0.2) is 18.5 Å². The molecular weight excluding hydrogens is 200 g/mol. The van der Waals surface area contributed by atoms with Crippen molar-refractivity contribution >= 4 is 5.78 Å². The molecule has 0 radical (unpaired) electrons. The van der Waals surface area contributed by atoms with Gasteiger partial charge in [0.15, 0.2) is 5.78 Å². The van der Waals surface area contributed by atoms with Crippen LogP contribution in [0.25, 0.3) is 0 Å². The number of rotatable bonds is 4. The number of hydrogen-bond donors (Lipinski definition) is 0. The summed E-state index contributed by atoms with van der Waals surface area (Å²) in [5.41, 5.74) is -0.359. The topological polar surface area (TPSA) is 26.3 Å². The fraction of sp³-hybridized carbons (Fsp3) is 0.929. The van der Waals surface area contributed by atoms with E-state index in [1.807, 2.05) is 0 Å². The summed E-state index contributed by atoms with van der Waals surface area (Å²) >= 11 is 0. The van der Waals surface area contributed by atoms with Gasteiger partial charge in [-0.1, -0.05) is 6.42 Å². The molecule has 2 heteroatoms. The summed E-state index contributed by atoms with van der Waals surface area (Å²) in [4.78, 5) is 12.3. The van der Waals surface area contributed by atoms with Gasteiger partial charge in [0, 0.05) is 13.5 Å². The van der Waals surface area contributed by atoms with E-state index in [9.17, 15) is 4.79 Å². The molecule has 0 amide bonds. The fourth-order valence-corrected chi connectivity index (χ4v) is 4.15. The summed E-state index contributed by atoms with van der Waals surface area (Å²) in [6.45, 7) is 0. The predicted octanol–water partition coefficient (Wildman–Crippen LogP) is 2.95. The maximum atomic E-state index is 12.3. The lowest BCUT2D eigenvalue weighted by molar-refractivity contribution is -0.153. The van der Waals surface area contributed by atoms with Gasteiger partial charge in [-0.15, -0.1) is 0 Å². The third kappa shape index (κ3) is 1.54. The molecule has 0 aromatic rings. The molecule has 3 saturated carbocycles. The standard InChI is InChI=1S/C14H22O2/c1-16-14(5-2-6-14)13(15)9-12-8-10-3-4-11(12)7-10/h10-12H,2-9H2,1H3. The molecule has 16 heavy (non-hydrogen) atoms. The smallest absolute Gasteiger partial charge is 0.164 e. The van der Waals surface area contributed by atoms with Crippen molar-refractivity contribution in [2.24, 2.45) is 17.8 Å². The molecule has 0 aromatic carbocycles. The molecule has 2 nitrogen and oxygen atoms in total. The van der Waals surface area contributed by atoms with Crippen LogP contribution in [0.3, 0.4) is 0 Å². The van der Waals surface area contributed by atoms with Crippen LogP contribution in [0.1, 0.15) is 51.4 Å². The lowest BCUT2D eigenvalue weighted by Crippen LogP contribution is -2.47. The fourth-order valence-electron chi connectivity index (χ4n) is 4.15. The van der Waals surface area contributed by atoms with Crippen molar-refractivity contribution < 1.29 is 9.53 Å². The molecule has 3 fully saturated rings. The Balaban J connectivity index is 1.60. The van der Waals surface area contributed by atoms with Crippen molar-refractivity contribution in [1.82, 2.24) is 0 Å². The molecule has 3 aliphatic carbocycles. The number of carbonyl (C=O) groups excluding carboxylic acids is 1. The zero-order chi connectivity index (χ0) is 11.2. The van der Waals surface area contributed by atoms with Crippen LogP contribution < -0.4 is 0 Å². The van der Waals surface area contributed by atoms with Crippen LogP contribution in [0.5, 0.6) is 0 Å². The zero-order valence-corrected chi connectivity index (χ0v) is 10.2. The van der Waals surface area contributed by atoms with Crippen molar-refractivity contribution in [3.63, 3.8) is 0 Å². The van der Waals surface area contributed by atoms with Crippen molar-refractivity contribution in [3.05, 3.63) is 0 Å². The molecule has 0 aromatic heterocycles. The van der Waals surface area contributed by atoms with Crippen molar-refractivity contribution in [2.45, 2.75) is 57.0 Å². The van der Waals surface area contributed by atoms with E-state index in [1.54, 1.807) is 7.11 Å². The highest BCUT2D eigenvalue weighted by Crippen LogP contribution is 2.50. The summed E-state index contributed by atoms with van der Waals surface area (Å²) in [6, 6.07) is 0. The Labute approximate surface area is 97.7 Å².